The van der Waals surface area contributed by atoms with E-state index < -0.39 is 11.6 Å². The van der Waals surface area contributed by atoms with E-state index in [9.17, 15) is 8.78 Å². The minimum absolute atomic E-state index is 0.0231. The molecule has 1 aromatic rings. The van der Waals surface area contributed by atoms with Crippen LogP contribution in [0.5, 0.6) is 0 Å². The Labute approximate surface area is 65.2 Å². The monoisotopic (exact) mass is 207 g/mol. The number of halogens is 3. The lowest BCUT2D eigenvalue weighted by Crippen LogP contribution is -1.92. The topological polar surface area (TPSA) is 12.9 Å². The lowest BCUT2D eigenvalue weighted by Gasteiger charge is -1.96. The van der Waals surface area contributed by atoms with Gasteiger partial charge in [-0.2, -0.15) is 0 Å². The molecule has 0 aromatic carbocycles. The highest BCUT2D eigenvalue weighted by atomic mass is 79.9. The van der Waals surface area contributed by atoms with E-state index in [0.29, 0.717) is 0 Å². The van der Waals surface area contributed by atoms with E-state index in [4.69, 9.17) is 0 Å². The summed E-state index contributed by atoms with van der Waals surface area (Å²) in [5.74, 6) is -1.23. The van der Waals surface area contributed by atoms with Crippen LogP contribution in [0.2, 0.25) is 0 Å². The Bertz CT molecular complexity index is 219. The van der Waals surface area contributed by atoms with Gasteiger partial charge in [-0.1, -0.05) is 15.9 Å². The summed E-state index contributed by atoms with van der Waals surface area (Å²) < 4.78 is 25.0. The summed E-state index contributed by atoms with van der Waals surface area (Å²) >= 11 is 2.95. The van der Waals surface area contributed by atoms with Crippen LogP contribution >= 0.6 is 15.9 Å². The molecule has 0 fully saturated rings. The van der Waals surface area contributed by atoms with Gasteiger partial charge in [-0.15, -0.1) is 0 Å². The molecule has 0 unspecified atom stereocenters. The number of nitrogens with zero attached hydrogens (tertiary/aromatic N) is 1. The summed E-state index contributed by atoms with van der Waals surface area (Å²) in [6.45, 7) is 0. The van der Waals surface area contributed by atoms with Crippen LogP contribution in [0.15, 0.2) is 12.4 Å². The van der Waals surface area contributed by atoms with E-state index in [2.05, 4.69) is 20.9 Å². The Kier molecular flexibility index (Phi) is 2.32. The molecule has 4 heteroatoms. The van der Waals surface area contributed by atoms with Crippen molar-refractivity contribution in [3.63, 3.8) is 0 Å². The molecule has 0 saturated heterocycles. The summed E-state index contributed by atoms with van der Waals surface area (Å²) in [5.41, 5.74) is 0.0231. The molecule has 0 saturated carbocycles. The van der Waals surface area contributed by atoms with Crippen molar-refractivity contribution < 1.29 is 8.78 Å². The largest absolute Gasteiger partial charge is 0.259 e. The van der Waals surface area contributed by atoms with Gasteiger partial charge in [-0.25, -0.2) is 8.78 Å². The van der Waals surface area contributed by atoms with Crippen LogP contribution in [0.25, 0.3) is 0 Å². The number of aromatic nitrogens is 1. The van der Waals surface area contributed by atoms with Crippen LogP contribution in [0, 0.1) is 11.6 Å². The standard InChI is InChI=1S/C6H4BrF2N/c7-1-4-5(8)2-10-3-6(4)9/h2-3H,1H2. The Morgan fingerprint density at radius 3 is 2.10 bits per heavy atom. The molecule has 1 heterocycles. The quantitative estimate of drug-likeness (QED) is 0.645. The molecule has 1 rings (SSSR count). The van der Waals surface area contributed by atoms with Gasteiger partial charge in [0, 0.05) is 10.9 Å². The van der Waals surface area contributed by atoms with Gasteiger partial charge >= 0.3 is 0 Å². The maximum absolute atomic E-state index is 12.5. The third-order valence-corrected chi connectivity index (χ3v) is 1.65. The van der Waals surface area contributed by atoms with Crippen molar-refractivity contribution in [2.75, 3.05) is 0 Å². The van der Waals surface area contributed by atoms with Crippen molar-refractivity contribution in [1.82, 2.24) is 4.98 Å². The summed E-state index contributed by atoms with van der Waals surface area (Å²) in [5, 5.41) is 0.174. The van der Waals surface area contributed by atoms with E-state index in [-0.39, 0.29) is 10.9 Å². The van der Waals surface area contributed by atoms with E-state index in [1.165, 1.54) is 0 Å². The van der Waals surface area contributed by atoms with Crippen molar-refractivity contribution >= 4 is 15.9 Å². The molecule has 10 heavy (non-hydrogen) atoms. The van der Waals surface area contributed by atoms with Crippen LogP contribution < -0.4 is 0 Å². The fraction of sp³-hybridized carbons (Fsp3) is 0.167. The summed E-state index contributed by atoms with van der Waals surface area (Å²) in [4.78, 5) is 3.32. The smallest absolute Gasteiger partial charge is 0.148 e. The maximum Gasteiger partial charge on any atom is 0.148 e. The number of alkyl halides is 1. The zero-order chi connectivity index (χ0) is 7.56. The second-order valence-corrected chi connectivity index (χ2v) is 2.28. The predicted molar refractivity (Wildman–Crippen MR) is 36.8 cm³/mol. The third kappa shape index (κ3) is 1.31. The fourth-order valence-electron chi connectivity index (χ4n) is 0.566. The third-order valence-electron chi connectivity index (χ3n) is 1.09. The van der Waals surface area contributed by atoms with Crippen LogP contribution in [0.4, 0.5) is 8.78 Å². The Balaban J connectivity index is 3.17. The molecule has 0 amide bonds. The minimum atomic E-state index is -0.614. The maximum atomic E-state index is 12.5. The minimum Gasteiger partial charge on any atom is -0.259 e. The molecular formula is C6H4BrF2N. The summed E-state index contributed by atoms with van der Waals surface area (Å²) in [7, 11) is 0. The summed E-state index contributed by atoms with van der Waals surface area (Å²) in [6, 6.07) is 0. The average Bonchev–Trinajstić information content (AvgIpc) is 1.88. The van der Waals surface area contributed by atoms with Crippen LogP contribution in [0.1, 0.15) is 5.56 Å². The second kappa shape index (κ2) is 3.05. The molecule has 0 aliphatic rings. The van der Waals surface area contributed by atoms with Gasteiger partial charge in [0.25, 0.3) is 0 Å². The molecule has 0 aliphatic heterocycles. The van der Waals surface area contributed by atoms with Gasteiger partial charge in [0.2, 0.25) is 0 Å². The second-order valence-electron chi connectivity index (χ2n) is 1.72. The van der Waals surface area contributed by atoms with Crippen molar-refractivity contribution in [3.8, 4) is 0 Å². The van der Waals surface area contributed by atoms with Gasteiger partial charge in [-0.3, -0.25) is 4.98 Å². The van der Waals surface area contributed by atoms with Crippen LogP contribution in [-0.4, -0.2) is 4.98 Å². The summed E-state index contributed by atoms with van der Waals surface area (Å²) in [6.07, 6.45) is 1.97. The van der Waals surface area contributed by atoms with Gasteiger partial charge in [0.15, 0.2) is 0 Å². The average molecular weight is 208 g/mol. The normalized spacial score (nSPS) is 9.90. The molecular weight excluding hydrogens is 204 g/mol. The van der Waals surface area contributed by atoms with E-state index >= 15 is 0 Å². The lowest BCUT2D eigenvalue weighted by atomic mass is 10.3. The first-order valence-corrected chi connectivity index (χ1v) is 3.71. The van der Waals surface area contributed by atoms with Gasteiger partial charge in [0.1, 0.15) is 11.6 Å². The number of hydrogen-bond acceptors (Lipinski definition) is 1. The molecule has 0 spiro atoms. The molecule has 0 bridgehead atoms. The predicted octanol–water partition coefficient (Wildman–Crippen LogP) is 2.25. The van der Waals surface area contributed by atoms with Gasteiger partial charge in [-0.05, 0) is 0 Å². The van der Waals surface area contributed by atoms with E-state index in [1.54, 1.807) is 0 Å². The first-order valence-electron chi connectivity index (χ1n) is 2.59. The highest BCUT2D eigenvalue weighted by Crippen LogP contribution is 2.12. The van der Waals surface area contributed by atoms with Crippen molar-refractivity contribution in [2.45, 2.75) is 5.33 Å². The Morgan fingerprint density at radius 1 is 1.30 bits per heavy atom. The number of rotatable bonds is 1. The van der Waals surface area contributed by atoms with E-state index in [0.717, 1.165) is 12.4 Å². The SMILES string of the molecule is Fc1cncc(F)c1CBr. The van der Waals surface area contributed by atoms with Gasteiger partial charge in [0.05, 0.1) is 12.4 Å². The zero-order valence-corrected chi connectivity index (χ0v) is 6.53. The highest BCUT2D eigenvalue weighted by molar-refractivity contribution is 9.08. The molecule has 0 N–H and O–H groups in total. The van der Waals surface area contributed by atoms with Crippen molar-refractivity contribution in [3.05, 3.63) is 29.6 Å². The highest BCUT2D eigenvalue weighted by Gasteiger charge is 2.05. The van der Waals surface area contributed by atoms with Crippen LogP contribution in [-0.2, 0) is 5.33 Å². The number of pyridine rings is 1. The lowest BCUT2D eigenvalue weighted by molar-refractivity contribution is 0.557. The van der Waals surface area contributed by atoms with Gasteiger partial charge < -0.3 is 0 Å². The first-order chi connectivity index (χ1) is 4.75. The molecule has 0 atom stereocenters. The molecule has 1 nitrogen and oxygen atoms in total. The van der Waals surface area contributed by atoms with E-state index in [1.807, 2.05) is 0 Å². The first kappa shape index (κ1) is 7.60. The fourth-order valence-corrected chi connectivity index (χ4v) is 1.10. The molecule has 54 valence electrons. The Hall–Kier alpha value is -0.510. The van der Waals surface area contributed by atoms with Crippen molar-refractivity contribution in [1.29, 1.82) is 0 Å². The zero-order valence-electron chi connectivity index (χ0n) is 4.94. The molecule has 0 aliphatic carbocycles. The van der Waals surface area contributed by atoms with Crippen LogP contribution in [0.3, 0.4) is 0 Å². The van der Waals surface area contributed by atoms with Crippen molar-refractivity contribution in [2.24, 2.45) is 0 Å². The molecule has 1 aromatic heterocycles. The Morgan fingerprint density at radius 2 is 1.80 bits per heavy atom. The molecule has 0 radical (unpaired) electrons. The number of hydrogen-bond donors (Lipinski definition) is 0.